The normalized spacial score (nSPS) is 21.0. The molecule has 0 bridgehead atoms. The van der Waals surface area contributed by atoms with Gasteiger partial charge in [-0.25, -0.2) is 0 Å². The van der Waals surface area contributed by atoms with Crippen LogP contribution in [0.5, 0.6) is 0 Å². The maximum Gasteiger partial charge on any atom is 0.0825 e. The molecular formula is C7H18N2+2. The van der Waals surface area contributed by atoms with Gasteiger partial charge in [0.25, 0.3) is 0 Å². The van der Waals surface area contributed by atoms with Crippen molar-refractivity contribution >= 4 is 0 Å². The molecule has 54 valence electrons. The SMILES string of the molecule is [NH3+]CCC[NH+]1CCCC1. The van der Waals surface area contributed by atoms with Gasteiger partial charge in [0.05, 0.1) is 26.2 Å². The average Bonchev–Trinajstić information content (AvgIpc) is 2.34. The molecule has 1 aliphatic rings. The summed E-state index contributed by atoms with van der Waals surface area (Å²) >= 11 is 0. The van der Waals surface area contributed by atoms with Gasteiger partial charge in [0.2, 0.25) is 0 Å². The van der Waals surface area contributed by atoms with Crippen LogP contribution in [-0.2, 0) is 0 Å². The molecule has 0 spiro atoms. The van der Waals surface area contributed by atoms with Crippen LogP contribution in [0.3, 0.4) is 0 Å². The van der Waals surface area contributed by atoms with E-state index in [1.54, 1.807) is 4.90 Å². The Kier molecular flexibility index (Phi) is 3.01. The van der Waals surface area contributed by atoms with Crippen LogP contribution in [0.25, 0.3) is 0 Å². The molecule has 0 aromatic heterocycles. The first-order chi connectivity index (χ1) is 4.43. The first-order valence-corrected chi connectivity index (χ1v) is 4.06. The van der Waals surface area contributed by atoms with Gasteiger partial charge < -0.3 is 10.6 Å². The molecule has 9 heavy (non-hydrogen) atoms. The number of hydrogen-bond donors (Lipinski definition) is 2. The second kappa shape index (κ2) is 3.85. The fraction of sp³-hybridized carbons (Fsp3) is 1.00. The summed E-state index contributed by atoms with van der Waals surface area (Å²) in [5, 5.41) is 0. The molecular weight excluding hydrogens is 112 g/mol. The van der Waals surface area contributed by atoms with E-state index in [1.165, 1.54) is 38.9 Å². The smallest absolute Gasteiger partial charge is 0.0825 e. The third-order valence-electron chi connectivity index (χ3n) is 2.09. The van der Waals surface area contributed by atoms with Crippen molar-refractivity contribution in [2.75, 3.05) is 26.2 Å². The highest BCUT2D eigenvalue weighted by Gasteiger charge is 2.13. The number of nitrogens with one attached hydrogen (secondary N) is 1. The summed E-state index contributed by atoms with van der Waals surface area (Å²) in [7, 11) is 0. The van der Waals surface area contributed by atoms with Crippen molar-refractivity contribution in [3.8, 4) is 0 Å². The Labute approximate surface area is 57.0 Å². The molecule has 0 amide bonds. The maximum atomic E-state index is 3.83. The summed E-state index contributed by atoms with van der Waals surface area (Å²) in [6.45, 7) is 5.31. The van der Waals surface area contributed by atoms with E-state index in [1.807, 2.05) is 0 Å². The highest BCUT2D eigenvalue weighted by molar-refractivity contribution is 4.44. The van der Waals surface area contributed by atoms with Gasteiger partial charge in [0, 0.05) is 19.3 Å². The molecule has 1 heterocycles. The van der Waals surface area contributed by atoms with E-state index in [-0.39, 0.29) is 0 Å². The van der Waals surface area contributed by atoms with Crippen LogP contribution < -0.4 is 10.6 Å². The van der Waals surface area contributed by atoms with E-state index in [4.69, 9.17) is 0 Å². The van der Waals surface area contributed by atoms with Gasteiger partial charge in [0.1, 0.15) is 0 Å². The lowest BCUT2D eigenvalue weighted by Crippen LogP contribution is -3.10. The van der Waals surface area contributed by atoms with Crippen molar-refractivity contribution in [2.45, 2.75) is 19.3 Å². The minimum atomic E-state index is 1.11. The van der Waals surface area contributed by atoms with Gasteiger partial charge in [-0.3, -0.25) is 0 Å². The minimum absolute atomic E-state index is 1.11. The molecule has 0 aromatic carbocycles. The zero-order valence-electron chi connectivity index (χ0n) is 6.16. The first kappa shape index (κ1) is 7.03. The highest BCUT2D eigenvalue weighted by Crippen LogP contribution is 1.87. The van der Waals surface area contributed by atoms with Crippen molar-refractivity contribution in [1.82, 2.24) is 0 Å². The van der Waals surface area contributed by atoms with Crippen molar-refractivity contribution in [3.63, 3.8) is 0 Å². The van der Waals surface area contributed by atoms with Crippen LogP contribution in [0.15, 0.2) is 0 Å². The summed E-state index contributed by atoms with van der Waals surface area (Å²) < 4.78 is 0. The molecule has 0 atom stereocenters. The summed E-state index contributed by atoms with van der Waals surface area (Å²) in [6, 6.07) is 0. The van der Waals surface area contributed by atoms with Crippen LogP contribution in [-0.4, -0.2) is 26.2 Å². The quantitative estimate of drug-likeness (QED) is 0.456. The number of likely N-dealkylation sites (tertiary alicyclic amines) is 1. The van der Waals surface area contributed by atoms with Crippen LogP contribution in [0, 0.1) is 0 Å². The maximum absolute atomic E-state index is 3.83. The van der Waals surface area contributed by atoms with Gasteiger partial charge in [-0.1, -0.05) is 0 Å². The zero-order valence-corrected chi connectivity index (χ0v) is 6.16. The molecule has 0 radical (unpaired) electrons. The Balaban J connectivity index is 1.98. The molecule has 1 fully saturated rings. The van der Waals surface area contributed by atoms with Crippen molar-refractivity contribution in [2.24, 2.45) is 0 Å². The Morgan fingerprint density at radius 2 is 1.89 bits per heavy atom. The van der Waals surface area contributed by atoms with E-state index in [0.717, 1.165) is 6.54 Å². The minimum Gasteiger partial charge on any atom is -0.357 e. The Hall–Kier alpha value is -0.0800. The van der Waals surface area contributed by atoms with E-state index in [2.05, 4.69) is 5.73 Å². The molecule has 2 nitrogen and oxygen atoms in total. The number of quaternary nitrogens is 2. The molecule has 1 aliphatic heterocycles. The Morgan fingerprint density at radius 1 is 1.22 bits per heavy atom. The monoisotopic (exact) mass is 130 g/mol. The van der Waals surface area contributed by atoms with Crippen LogP contribution in [0.2, 0.25) is 0 Å². The van der Waals surface area contributed by atoms with Gasteiger partial charge in [-0.05, 0) is 0 Å². The molecule has 0 saturated carbocycles. The van der Waals surface area contributed by atoms with Gasteiger partial charge in [0.15, 0.2) is 0 Å². The van der Waals surface area contributed by atoms with E-state index in [0.29, 0.717) is 0 Å². The third-order valence-corrected chi connectivity index (χ3v) is 2.09. The van der Waals surface area contributed by atoms with E-state index >= 15 is 0 Å². The van der Waals surface area contributed by atoms with Gasteiger partial charge in [-0.2, -0.15) is 0 Å². The lowest BCUT2D eigenvalue weighted by atomic mass is 10.4. The average molecular weight is 130 g/mol. The summed E-state index contributed by atoms with van der Waals surface area (Å²) in [5.74, 6) is 0. The van der Waals surface area contributed by atoms with E-state index < -0.39 is 0 Å². The lowest BCUT2D eigenvalue weighted by molar-refractivity contribution is -0.888. The van der Waals surface area contributed by atoms with Gasteiger partial charge in [-0.15, -0.1) is 0 Å². The molecule has 0 unspecified atom stereocenters. The second-order valence-electron chi connectivity index (χ2n) is 2.91. The van der Waals surface area contributed by atoms with E-state index in [9.17, 15) is 0 Å². The van der Waals surface area contributed by atoms with Crippen molar-refractivity contribution in [3.05, 3.63) is 0 Å². The van der Waals surface area contributed by atoms with Crippen LogP contribution in [0.4, 0.5) is 0 Å². The summed E-state index contributed by atoms with van der Waals surface area (Å²) in [4.78, 5) is 1.80. The molecule has 2 heteroatoms. The van der Waals surface area contributed by atoms with Crippen LogP contribution >= 0.6 is 0 Å². The molecule has 1 rings (SSSR count). The molecule has 0 aliphatic carbocycles. The van der Waals surface area contributed by atoms with Crippen LogP contribution in [0.1, 0.15) is 19.3 Å². The molecule has 0 aromatic rings. The topological polar surface area (TPSA) is 32.1 Å². The van der Waals surface area contributed by atoms with Crippen molar-refractivity contribution in [1.29, 1.82) is 0 Å². The summed E-state index contributed by atoms with van der Waals surface area (Å²) in [6.07, 6.45) is 4.22. The zero-order chi connectivity index (χ0) is 6.53. The largest absolute Gasteiger partial charge is 0.357 e. The standard InChI is InChI=1S/C7H16N2/c8-4-3-7-9-5-1-2-6-9/h1-8H2/p+2. The predicted molar refractivity (Wildman–Crippen MR) is 37.2 cm³/mol. The predicted octanol–water partition coefficient (Wildman–Crippen LogP) is -1.70. The fourth-order valence-electron chi connectivity index (χ4n) is 1.50. The third kappa shape index (κ3) is 2.33. The van der Waals surface area contributed by atoms with Crippen molar-refractivity contribution < 1.29 is 10.6 Å². The Morgan fingerprint density at radius 3 is 2.44 bits per heavy atom. The lowest BCUT2D eigenvalue weighted by Gasteiger charge is -2.09. The fourth-order valence-corrected chi connectivity index (χ4v) is 1.50. The number of hydrogen-bond acceptors (Lipinski definition) is 0. The molecule has 4 N–H and O–H groups in total. The second-order valence-corrected chi connectivity index (χ2v) is 2.91. The molecule has 1 saturated heterocycles. The highest BCUT2D eigenvalue weighted by atomic mass is 15.1. The Bertz CT molecular complexity index is 67.3. The first-order valence-electron chi connectivity index (χ1n) is 4.06. The summed E-state index contributed by atoms with van der Waals surface area (Å²) in [5.41, 5.74) is 3.83. The number of rotatable bonds is 3. The van der Waals surface area contributed by atoms with Gasteiger partial charge >= 0.3 is 0 Å².